The van der Waals surface area contributed by atoms with Gasteiger partial charge in [0.25, 0.3) is 0 Å². The lowest BCUT2D eigenvalue weighted by Crippen LogP contribution is -2.24. The van der Waals surface area contributed by atoms with Gasteiger partial charge < -0.3 is 0 Å². The van der Waals surface area contributed by atoms with E-state index in [9.17, 15) is 4.79 Å². The molecule has 0 N–H and O–H groups in total. The van der Waals surface area contributed by atoms with Crippen LogP contribution < -0.4 is 0 Å². The third kappa shape index (κ3) is 4.16. The van der Waals surface area contributed by atoms with Crippen molar-refractivity contribution in [2.75, 3.05) is 0 Å². The van der Waals surface area contributed by atoms with Crippen molar-refractivity contribution in [2.45, 2.75) is 38.7 Å². The van der Waals surface area contributed by atoms with E-state index in [0.29, 0.717) is 0 Å². The Labute approximate surface area is 95.7 Å². The van der Waals surface area contributed by atoms with Gasteiger partial charge in [0.2, 0.25) is 0 Å². The lowest BCUT2D eigenvalue weighted by Gasteiger charge is -2.18. The number of hydrogen-bond donors (Lipinski definition) is 0. The molecule has 0 saturated heterocycles. The Morgan fingerprint density at radius 3 is 2.88 bits per heavy atom. The average molecular weight is 226 g/mol. The maximum atomic E-state index is 11.5. The van der Waals surface area contributed by atoms with Gasteiger partial charge in [-0.25, -0.2) is 4.79 Å². The molecule has 0 saturated carbocycles. The summed E-state index contributed by atoms with van der Waals surface area (Å²) in [4.78, 5) is 20.9. The Balaban J connectivity index is 2.27. The zero-order valence-corrected chi connectivity index (χ0v) is 9.77. The Morgan fingerprint density at radius 1 is 1.56 bits per heavy atom. The van der Waals surface area contributed by atoms with Gasteiger partial charge in [0.15, 0.2) is 0 Å². The Hall–Kier alpha value is -1.13. The predicted octanol–water partition coefficient (Wildman–Crippen LogP) is 2.71. The van der Waals surface area contributed by atoms with Crippen molar-refractivity contribution in [3.05, 3.63) is 24.8 Å². The fourth-order valence-corrected chi connectivity index (χ4v) is 1.24. The van der Waals surface area contributed by atoms with Crippen molar-refractivity contribution in [1.29, 1.82) is 0 Å². The summed E-state index contributed by atoms with van der Waals surface area (Å²) in [6.07, 6.45) is 8.18. The first kappa shape index (κ1) is 12.9. The molecule has 16 heavy (non-hydrogen) atoms. The lowest BCUT2D eigenvalue weighted by atomic mass is 9.96. The second-order valence-electron chi connectivity index (χ2n) is 4.33. The fourth-order valence-electron chi connectivity index (χ4n) is 1.24. The van der Waals surface area contributed by atoms with Gasteiger partial charge in [-0.2, -0.15) is 4.89 Å². The monoisotopic (exact) mass is 226 g/mol. The van der Waals surface area contributed by atoms with E-state index in [1.54, 1.807) is 19.9 Å². The molecule has 4 nitrogen and oxygen atoms in total. The zero-order valence-electron chi connectivity index (χ0n) is 9.77. The van der Waals surface area contributed by atoms with Crippen LogP contribution in [-0.2, 0) is 19.6 Å². The van der Waals surface area contributed by atoms with Gasteiger partial charge in [-0.15, -0.1) is 6.58 Å². The molecule has 0 spiro atoms. The van der Waals surface area contributed by atoms with Crippen molar-refractivity contribution >= 4 is 5.97 Å². The quantitative estimate of drug-likeness (QED) is 0.411. The van der Waals surface area contributed by atoms with Crippen LogP contribution in [0.15, 0.2) is 24.8 Å². The van der Waals surface area contributed by atoms with E-state index in [-0.39, 0.29) is 5.92 Å². The van der Waals surface area contributed by atoms with Crippen LogP contribution in [-0.4, -0.2) is 11.6 Å². The summed E-state index contributed by atoms with van der Waals surface area (Å²) in [7, 11) is 0. The van der Waals surface area contributed by atoms with E-state index in [4.69, 9.17) is 4.89 Å². The van der Waals surface area contributed by atoms with E-state index < -0.39 is 11.6 Å². The van der Waals surface area contributed by atoms with E-state index in [1.165, 1.54) is 0 Å². The van der Waals surface area contributed by atoms with Crippen LogP contribution in [0.1, 0.15) is 33.1 Å². The Bertz CT molecular complexity index is 281. The standard InChI is InChI=1S/C12H18O4/c1-4-12(2,3)15-16-14-11(13)10-8-6-5-7-9-10/h4,6,8,10H,1,5,7,9H2,2-3H3. The smallest absolute Gasteiger partial charge is 0.268 e. The van der Waals surface area contributed by atoms with Crippen molar-refractivity contribution in [3.8, 4) is 0 Å². The van der Waals surface area contributed by atoms with E-state index in [2.05, 4.69) is 16.5 Å². The third-order valence-electron chi connectivity index (χ3n) is 2.41. The topological polar surface area (TPSA) is 44.8 Å². The van der Waals surface area contributed by atoms with Gasteiger partial charge in [-0.1, -0.05) is 18.2 Å². The molecular formula is C12H18O4. The highest BCUT2D eigenvalue weighted by atomic mass is 17.5. The van der Waals surface area contributed by atoms with Crippen molar-refractivity contribution in [3.63, 3.8) is 0 Å². The molecule has 1 atom stereocenters. The molecule has 4 heteroatoms. The summed E-state index contributed by atoms with van der Waals surface area (Å²) >= 11 is 0. The molecule has 1 aliphatic carbocycles. The molecule has 1 rings (SSSR count). The van der Waals surface area contributed by atoms with Crippen LogP contribution >= 0.6 is 0 Å². The first-order chi connectivity index (χ1) is 7.55. The van der Waals surface area contributed by atoms with Crippen molar-refractivity contribution in [1.82, 2.24) is 0 Å². The van der Waals surface area contributed by atoms with Crippen molar-refractivity contribution in [2.24, 2.45) is 5.92 Å². The van der Waals surface area contributed by atoms with Crippen LogP contribution in [0.5, 0.6) is 0 Å². The molecule has 0 aromatic rings. The van der Waals surface area contributed by atoms with Crippen LogP contribution in [0.2, 0.25) is 0 Å². The number of carbonyl (C=O) groups is 1. The molecule has 0 aliphatic heterocycles. The third-order valence-corrected chi connectivity index (χ3v) is 2.41. The molecule has 0 radical (unpaired) electrons. The molecule has 0 fully saturated rings. The second-order valence-corrected chi connectivity index (χ2v) is 4.33. The highest BCUT2D eigenvalue weighted by molar-refractivity contribution is 5.73. The van der Waals surface area contributed by atoms with Gasteiger partial charge in [0.05, 0.1) is 5.92 Å². The lowest BCUT2D eigenvalue weighted by molar-refractivity contribution is -0.511. The molecule has 0 aromatic carbocycles. The SMILES string of the molecule is C=CC(C)(C)OOOC(=O)C1C=CCCC1. The number of allylic oxidation sites excluding steroid dienone is 1. The zero-order chi connectivity index (χ0) is 12.0. The van der Waals surface area contributed by atoms with Gasteiger partial charge in [0.1, 0.15) is 5.60 Å². The minimum absolute atomic E-state index is 0.218. The summed E-state index contributed by atoms with van der Waals surface area (Å²) < 4.78 is 0. The number of hydrogen-bond acceptors (Lipinski definition) is 4. The van der Waals surface area contributed by atoms with E-state index >= 15 is 0 Å². The average Bonchev–Trinajstić information content (AvgIpc) is 2.30. The van der Waals surface area contributed by atoms with Crippen LogP contribution in [0.4, 0.5) is 0 Å². The van der Waals surface area contributed by atoms with Gasteiger partial charge in [-0.05, 0) is 38.1 Å². The first-order valence-electron chi connectivity index (χ1n) is 5.41. The molecule has 1 unspecified atom stereocenters. The highest BCUT2D eigenvalue weighted by Gasteiger charge is 2.22. The molecule has 0 bridgehead atoms. The summed E-state index contributed by atoms with van der Waals surface area (Å²) in [5.41, 5.74) is -0.678. The normalized spacial score (nSPS) is 20.5. The maximum Gasteiger partial charge on any atom is 0.352 e. The van der Waals surface area contributed by atoms with Gasteiger partial charge >= 0.3 is 5.97 Å². The van der Waals surface area contributed by atoms with Crippen molar-refractivity contribution < 1.29 is 19.6 Å². The summed E-state index contributed by atoms with van der Waals surface area (Å²) in [6.45, 7) is 7.05. The minimum Gasteiger partial charge on any atom is -0.268 e. The molecular weight excluding hydrogens is 208 g/mol. The second kappa shape index (κ2) is 5.82. The summed E-state index contributed by atoms with van der Waals surface area (Å²) in [6, 6.07) is 0. The summed E-state index contributed by atoms with van der Waals surface area (Å²) in [5.74, 6) is -0.639. The summed E-state index contributed by atoms with van der Waals surface area (Å²) in [5, 5.41) is 4.45. The van der Waals surface area contributed by atoms with Crippen LogP contribution in [0, 0.1) is 5.92 Å². The molecule has 0 heterocycles. The first-order valence-corrected chi connectivity index (χ1v) is 5.41. The van der Waals surface area contributed by atoms with E-state index in [1.807, 2.05) is 12.2 Å². The number of rotatable bonds is 5. The molecule has 0 amide bonds. The van der Waals surface area contributed by atoms with E-state index in [0.717, 1.165) is 19.3 Å². The minimum atomic E-state index is -0.678. The Kier molecular flexibility index (Phi) is 4.71. The highest BCUT2D eigenvalue weighted by Crippen LogP contribution is 2.19. The molecule has 90 valence electrons. The number of carbonyl (C=O) groups excluding carboxylic acids is 1. The van der Waals surface area contributed by atoms with Gasteiger partial charge in [-0.3, -0.25) is 4.89 Å². The van der Waals surface area contributed by atoms with Crippen LogP contribution in [0.25, 0.3) is 0 Å². The largest absolute Gasteiger partial charge is 0.352 e. The fraction of sp³-hybridized carbons (Fsp3) is 0.583. The predicted molar refractivity (Wildman–Crippen MR) is 59.0 cm³/mol. The molecule has 1 aliphatic rings. The van der Waals surface area contributed by atoms with Crippen LogP contribution in [0.3, 0.4) is 0 Å². The maximum absolute atomic E-state index is 11.5. The van der Waals surface area contributed by atoms with Gasteiger partial charge in [0, 0.05) is 0 Å². The Morgan fingerprint density at radius 2 is 2.31 bits per heavy atom. The molecule has 0 aromatic heterocycles.